The highest BCUT2D eigenvalue weighted by Gasteiger charge is 2.24. The van der Waals surface area contributed by atoms with Crippen LogP contribution in [-0.4, -0.2) is 43.0 Å². The van der Waals surface area contributed by atoms with Crippen LogP contribution in [0.3, 0.4) is 0 Å². The number of rotatable bonds is 16. The smallest absolute Gasteiger partial charge is 0.220 e. The molecule has 3 atom stereocenters. The molecular weight excluding hydrogens is 633 g/mol. The second kappa shape index (κ2) is 20.7. The summed E-state index contributed by atoms with van der Waals surface area (Å²) < 4.78 is 19.9. The zero-order valence-electron chi connectivity index (χ0n) is 27.2. The van der Waals surface area contributed by atoms with Crippen LogP contribution < -0.4 is 26.6 Å². The molecule has 12 nitrogen and oxygen atoms in total. The minimum atomic E-state index is -0.0459. The fourth-order valence-electron chi connectivity index (χ4n) is 4.99. The molecule has 3 aromatic rings. The maximum Gasteiger partial charge on any atom is 0.220 e. The molecule has 0 spiro atoms. The zero-order valence-corrected chi connectivity index (χ0v) is 28.8. The van der Waals surface area contributed by atoms with Crippen LogP contribution in [0.4, 0.5) is 0 Å². The predicted octanol–water partition coefficient (Wildman–Crippen LogP) is 5.66. The molecule has 46 heavy (non-hydrogen) atoms. The Bertz CT molecular complexity index is 1370. The maximum atomic E-state index is 12.4. The van der Waals surface area contributed by atoms with Crippen molar-refractivity contribution >= 4 is 35.9 Å². The van der Waals surface area contributed by atoms with Crippen molar-refractivity contribution in [3.63, 3.8) is 0 Å². The summed E-state index contributed by atoms with van der Waals surface area (Å²) in [5.74, 6) is 11.1. The first-order valence-electron chi connectivity index (χ1n) is 14.4. The van der Waals surface area contributed by atoms with E-state index in [0.29, 0.717) is 24.3 Å². The average Bonchev–Trinajstić information content (AvgIpc) is 3.03. The predicted molar refractivity (Wildman–Crippen MR) is 178 cm³/mol. The summed E-state index contributed by atoms with van der Waals surface area (Å²) >= 11 is 1.95. The molecule has 0 aliphatic heterocycles. The molecule has 3 aromatic carbocycles. The Morgan fingerprint density at radius 3 is 1.72 bits per heavy atom. The van der Waals surface area contributed by atoms with Crippen molar-refractivity contribution in [2.24, 2.45) is 11.8 Å². The van der Waals surface area contributed by atoms with Gasteiger partial charge in [-0.15, -0.1) is 18.6 Å². The highest BCUT2D eigenvalue weighted by Crippen LogP contribution is 2.33. The SMILES string of the molecule is COc1ccc(C[C@@H](C)N(C(C)=O)[C@H](C)c2ccccc2)cc1SOON.COc1ccc(C[C@@H](C)NC(C)=O)cc1SOON. The summed E-state index contributed by atoms with van der Waals surface area (Å²) in [4.78, 5) is 35.0. The van der Waals surface area contributed by atoms with Crippen LogP contribution in [0.15, 0.2) is 76.5 Å². The Kier molecular flexibility index (Phi) is 17.5. The number of hydrogen-bond donors (Lipinski definition) is 3. The number of amides is 2. The Morgan fingerprint density at radius 1 is 0.783 bits per heavy atom. The molecular formula is C32H44N4O8S2. The lowest BCUT2D eigenvalue weighted by Crippen LogP contribution is -2.40. The average molecular weight is 677 g/mol. The van der Waals surface area contributed by atoms with Crippen LogP contribution in [0.2, 0.25) is 0 Å². The van der Waals surface area contributed by atoms with Crippen molar-refractivity contribution in [1.82, 2.24) is 10.2 Å². The molecule has 2 amide bonds. The van der Waals surface area contributed by atoms with Crippen molar-refractivity contribution in [3.8, 4) is 11.5 Å². The van der Waals surface area contributed by atoms with Gasteiger partial charge >= 0.3 is 0 Å². The van der Waals surface area contributed by atoms with Crippen LogP contribution >= 0.6 is 24.1 Å². The lowest BCUT2D eigenvalue weighted by molar-refractivity contribution is -0.195. The van der Waals surface area contributed by atoms with Crippen LogP contribution in [0, 0.1) is 0 Å². The lowest BCUT2D eigenvalue weighted by atomic mass is 10.0. The number of carbonyl (C=O) groups is 2. The number of nitrogens with one attached hydrogen (secondary N) is 1. The van der Waals surface area contributed by atoms with Gasteiger partial charge in [-0.05, 0) is 74.6 Å². The third-order valence-electron chi connectivity index (χ3n) is 6.84. The number of nitrogens with two attached hydrogens (primary N) is 2. The van der Waals surface area contributed by atoms with Crippen molar-refractivity contribution < 1.29 is 37.7 Å². The van der Waals surface area contributed by atoms with E-state index in [1.807, 2.05) is 78.6 Å². The molecule has 5 N–H and O–H groups in total. The maximum absolute atomic E-state index is 12.4. The van der Waals surface area contributed by atoms with Crippen molar-refractivity contribution in [1.29, 1.82) is 0 Å². The van der Waals surface area contributed by atoms with E-state index in [9.17, 15) is 9.59 Å². The first kappa shape index (κ1) is 38.8. The number of carbonyl (C=O) groups excluding carboxylic acids is 2. The van der Waals surface area contributed by atoms with E-state index in [1.54, 1.807) is 21.1 Å². The highest BCUT2D eigenvalue weighted by atomic mass is 32.2. The fraction of sp³-hybridized carbons (Fsp3) is 0.375. The van der Waals surface area contributed by atoms with Crippen LogP contribution in [0.25, 0.3) is 0 Å². The van der Waals surface area contributed by atoms with Crippen molar-refractivity contribution in [2.75, 3.05) is 14.2 Å². The first-order chi connectivity index (χ1) is 22.0. The standard InChI is InChI=1S/C20H26N2O4S.C12H18N2O4S/c1-14(22(16(3)23)15(2)18-8-6-5-7-9-18)12-17-10-11-19(24-4)20(13-17)27-26-25-21;1-8(14-9(2)15)6-10-4-5-11(16-3)12(7-10)19-18-17-13/h5-11,13-15H,12,21H2,1-4H3;4-5,7-8H,6,13H2,1-3H3,(H,14,15)/t14-,15-;8-/m11/s1. The molecule has 0 saturated carbocycles. The molecule has 252 valence electrons. The molecule has 0 aliphatic carbocycles. The number of methoxy groups -OCH3 is 2. The lowest BCUT2D eigenvalue weighted by Gasteiger charge is -2.34. The van der Waals surface area contributed by atoms with Gasteiger partial charge in [0.2, 0.25) is 11.8 Å². The minimum Gasteiger partial charge on any atom is -0.495 e. The van der Waals surface area contributed by atoms with Crippen molar-refractivity contribution in [3.05, 3.63) is 83.4 Å². The van der Waals surface area contributed by atoms with Gasteiger partial charge in [0.15, 0.2) is 0 Å². The van der Waals surface area contributed by atoms with Gasteiger partial charge in [-0.1, -0.05) is 42.5 Å². The van der Waals surface area contributed by atoms with Gasteiger partial charge < -0.3 is 19.7 Å². The molecule has 0 heterocycles. The van der Waals surface area contributed by atoms with Crippen LogP contribution in [0.5, 0.6) is 11.5 Å². The van der Waals surface area contributed by atoms with E-state index in [2.05, 4.69) is 33.5 Å². The Balaban J connectivity index is 0.000000341. The monoisotopic (exact) mass is 676 g/mol. The van der Waals surface area contributed by atoms with Gasteiger partial charge in [0.1, 0.15) is 11.5 Å². The third-order valence-corrected chi connectivity index (χ3v) is 8.13. The molecule has 0 aliphatic rings. The van der Waals surface area contributed by atoms with Gasteiger partial charge in [0.25, 0.3) is 0 Å². The van der Waals surface area contributed by atoms with E-state index in [1.165, 1.54) is 6.92 Å². The third kappa shape index (κ3) is 12.8. The van der Waals surface area contributed by atoms with Crippen LogP contribution in [0.1, 0.15) is 57.4 Å². The topological polar surface area (TPSA) is 157 Å². The largest absolute Gasteiger partial charge is 0.495 e. The van der Waals surface area contributed by atoms with E-state index >= 15 is 0 Å². The molecule has 0 fully saturated rings. The van der Waals surface area contributed by atoms with Gasteiger partial charge in [-0.25, -0.2) is 0 Å². The molecule has 0 aromatic heterocycles. The number of hydrogen-bond acceptors (Lipinski definition) is 12. The number of ether oxygens (including phenoxy) is 2. The molecule has 14 heteroatoms. The Morgan fingerprint density at radius 2 is 1.28 bits per heavy atom. The van der Waals surface area contributed by atoms with Crippen LogP contribution in [-0.2, 0) is 41.1 Å². The molecule has 0 radical (unpaired) electrons. The normalized spacial score (nSPS) is 12.6. The molecule has 3 rings (SSSR count). The van der Waals surface area contributed by atoms with Gasteiger partial charge in [-0.2, -0.15) is 11.8 Å². The quantitative estimate of drug-likeness (QED) is 0.0974. The Labute approximate surface area is 279 Å². The van der Waals surface area contributed by atoms with Gasteiger partial charge in [-0.3, -0.25) is 9.59 Å². The molecule has 0 unspecified atom stereocenters. The van der Waals surface area contributed by atoms with Gasteiger partial charge in [0.05, 0.1) is 54.1 Å². The van der Waals surface area contributed by atoms with Gasteiger partial charge in [0, 0.05) is 25.9 Å². The second-order valence-corrected chi connectivity index (χ2v) is 11.8. The summed E-state index contributed by atoms with van der Waals surface area (Å²) in [6, 6.07) is 21.5. The Hall–Kier alpha value is -3.34. The number of benzene rings is 3. The van der Waals surface area contributed by atoms with E-state index in [0.717, 1.165) is 50.6 Å². The summed E-state index contributed by atoms with van der Waals surface area (Å²) in [5.41, 5.74) is 3.21. The zero-order chi connectivity index (χ0) is 34.1. The first-order valence-corrected chi connectivity index (χ1v) is 15.9. The highest BCUT2D eigenvalue weighted by molar-refractivity contribution is 7.94. The fourth-order valence-corrected chi connectivity index (χ4v) is 6.08. The van der Waals surface area contributed by atoms with E-state index < -0.39 is 0 Å². The summed E-state index contributed by atoms with van der Waals surface area (Å²) in [7, 11) is 3.16. The molecule has 0 saturated heterocycles. The van der Waals surface area contributed by atoms with E-state index in [4.69, 9.17) is 25.6 Å². The summed E-state index contributed by atoms with van der Waals surface area (Å²) in [5, 5.41) is 2.83. The summed E-state index contributed by atoms with van der Waals surface area (Å²) in [6.07, 6.45) is 1.40. The van der Waals surface area contributed by atoms with E-state index in [-0.39, 0.29) is 29.9 Å². The van der Waals surface area contributed by atoms with Crippen molar-refractivity contribution in [2.45, 2.75) is 75.4 Å². The second-order valence-electron chi connectivity index (χ2n) is 10.3. The summed E-state index contributed by atoms with van der Waals surface area (Å²) in [6.45, 7) is 9.15. The molecule has 0 bridgehead atoms. The number of nitrogens with zero attached hydrogens (tertiary/aromatic N) is 1. The minimum absolute atomic E-state index is 0.00984.